The van der Waals surface area contributed by atoms with Gasteiger partial charge in [0.05, 0.1) is 7.11 Å². The van der Waals surface area contributed by atoms with E-state index < -0.39 is 6.04 Å². The molecule has 1 spiro atoms. The summed E-state index contributed by atoms with van der Waals surface area (Å²) in [6, 6.07) is 16.7. The van der Waals surface area contributed by atoms with E-state index in [0.29, 0.717) is 49.0 Å². The highest BCUT2D eigenvalue weighted by Crippen LogP contribution is 2.41. The molecule has 1 aromatic heterocycles. The van der Waals surface area contributed by atoms with E-state index in [9.17, 15) is 14.4 Å². The number of fused-ring (bicyclic) bond motifs is 1. The first-order valence-electron chi connectivity index (χ1n) is 13.0. The number of amides is 3. The van der Waals surface area contributed by atoms with E-state index in [2.05, 4.69) is 5.32 Å². The van der Waals surface area contributed by atoms with Crippen LogP contribution in [0.1, 0.15) is 36.7 Å². The number of methoxy groups -OCH3 is 1. The summed E-state index contributed by atoms with van der Waals surface area (Å²) >= 11 is 1.57. The fourth-order valence-corrected chi connectivity index (χ4v) is 6.45. The molecule has 5 rings (SSSR count). The van der Waals surface area contributed by atoms with Crippen LogP contribution in [0.4, 0.5) is 0 Å². The van der Waals surface area contributed by atoms with Gasteiger partial charge >= 0.3 is 0 Å². The van der Waals surface area contributed by atoms with Crippen molar-refractivity contribution >= 4 is 40.5 Å². The number of likely N-dealkylation sites (tertiary alicyclic amines) is 2. The zero-order chi connectivity index (χ0) is 26.7. The van der Waals surface area contributed by atoms with Gasteiger partial charge in [0.1, 0.15) is 6.04 Å². The van der Waals surface area contributed by atoms with Crippen LogP contribution in [0.5, 0.6) is 5.75 Å². The zero-order valence-corrected chi connectivity index (χ0v) is 22.6. The lowest BCUT2D eigenvalue weighted by Crippen LogP contribution is -2.50. The van der Waals surface area contributed by atoms with Gasteiger partial charge in [0.2, 0.25) is 11.8 Å². The summed E-state index contributed by atoms with van der Waals surface area (Å²) in [5.74, 6) is 1.05. The highest BCUT2D eigenvalue weighted by atomic mass is 32.2. The second-order valence-corrected chi connectivity index (χ2v) is 11.3. The van der Waals surface area contributed by atoms with Crippen LogP contribution in [0.3, 0.4) is 0 Å². The lowest BCUT2D eigenvalue weighted by atomic mass is 9.77. The maximum Gasteiger partial charge on any atom is 0.289 e. The molecule has 38 heavy (non-hydrogen) atoms. The van der Waals surface area contributed by atoms with Crippen molar-refractivity contribution in [2.24, 2.45) is 5.41 Å². The number of hydrogen-bond acceptors (Lipinski definition) is 6. The number of carbonyl (C=O) groups excluding carboxylic acids is 3. The molecule has 3 aromatic rings. The van der Waals surface area contributed by atoms with Gasteiger partial charge in [-0.1, -0.05) is 30.3 Å². The molecule has 2 saturated heterocycles. The Bertz CT molecular complexity index is 1320. The number of piperidine rings is 1. The quantitative estimate of drug-likeness (QED) is 0.456. The SMILES string of the molecule is COc1cccc2cc(C(=O)N3CCC4(CC3)CCN(C(=O)C(CSc3ccccc3)NC(C)=O)C4)oc12. The Kier molecular flexibility index (Phi) is 7.65. The van der Waals surface area contributed by atoms with Gasteiger partial charge in [0.15, 0.2) is 17.1 Å². The van der Waals surface area contributed by atoms with Crippen LogP contribution in [-0.2, 0) is 9.59 Å². The molecule has 8 nitrogen and oxygen atoms in total. The largest absolute Gasteiger partial charge is 0.493 e. The molecule has 0 saturated carbocycles. The van der Waals surface area contributed by atoms with E-state index in [1.807, 2.05) is 58.3 Å². The number of para-hydroxylation sites is 1. The molecule has 1 unspecified atom stereocenters. The van der Waals surface area contributed by atoms with Gasteiger partial charge in [-0.2, -0.15) is 0 Å². The molecular formula is C29H33N3O5S. The molecule has 2 aromatic carbocycles. The van der Waals surface area contributed by atoms with Gasteiger partial charge in [0.25, 0.3) is 5.91 Å². The number of thioether (sulfide) groups is 1. The van der Waals surface area contributed by atoms with E-state index in [4.69, 9.17) is 9.15 Å². The topological polar surface area (TPSA) is 92.1 Å². The number of furan rings is 1. The van der Waals surface area contributed by atoms with Crippen molar-refractivity contribution in [1.82, 2.24) is 15.1 Å². The van der Waals surface area contributed by atoms with E-state index in [0.717, 1.165) is 29.5 Å². The van der Waals surface area contributed by atoms with Gasteiger partial charge in [-0.15, -0.1) is 11.8 Å². The van der Waals surface area contributed by atoms with Crippen LogP contribution in [-0.4, -0.2) is 72.6 Å². The summed E-state index contributed by atoms with van der Waals surface area (Å²) in [4.78, 5) is 43.3. The summed E-state index contributed by atoms with van der Waals surface area (Å²) < 4.78 is 11.2. The third-order valence-corrected chi connectivity index (χ3v) is 8.74. The Hall–Kier alpha value is -3.46. The number of nitrogens with zero attached hydrogens (tertiary/aromatic N) is 2. The van der Waals surface area contributed by atoms with E-state index in [-0.39, 0.29) is 23.1 Å². The number of rotatable bonds is 7. The monoisotopic (exact) mass is 535 g/mol. The standard InChI is InChI=1S/C29H33N3O5S/c1-20(33)30-23(18-38-22-8-4-3-5-9-22)27(34)32-16-13-29(19-32)11-14-31(15-12-29)28(35)25-17-21-7-6-10-24(36-2)26(21)37-25/h3-10,17,23H,11-16,18-19H2,1-2H3,(H,30,33). The average molecular weight is 536 g/mol. The van der Waals surface area contributed by atoms with Gasteiger partial charge in [0, 0.05) is 49.1 Å². The van der Waals surface area contributed by atoms with Crippen LogP contribution in [0, 0.1) is 5.41 Å². The Morgan fingerprint density at radius 3 is 2.42 bits per heavy atom. The minimum absolute atomic E-state index is 0.00309. The van der Waals surface area contributed by atoms with E-state index in [1.165, 1.54) is 6.92 Å². The fraction of sp³-hybridized carbons (Fsp3) is 0.414. The van der Waals surface area contributed by atoms with Crippen molar-refractivity contribution in [3.8, 4) is 5.75 Å². The summed E-state index contributed by atoms with van der Waals surface area (Å²) in [7, 11) is 1.58. The average Bonchev–Trinajstić information content (AvgIpc) is 3.56. The van der Waals surface area contributed by atoms with Crippen molar-refractivity contribution < 1.29 is 23.5 Å². The zero-order valence-electron chi connectivity index (χ0n) is 21.8. The van der Waals surface area contributed by atoms with Crippen molar-refractivity contribution in [1.29, 1.82) is 0 Å². The van der Waals surface area contributed by atoms with Gasteiger partial charge in [-0.05, 0) is 48.9 Å². The van der Waals surface area contributed by atoms with Crippen LogP contribution in [0.25, 0.3) is 11.0 Å². The molecule has 1 N–H and O–H groups in total. The predicted molar refractivity (Wildman–Crippen MR) is 146 cm³/mol. The Morgan fingerprint density at radius 2 is 1.74 bits per heavy atom. The smallest absolute Gasteiger partial charge is 0.289 e. The first-order chi connectivity index (χ1) is 18.4. The minimum atomic E-state index is -0.570. The van der Waals surface area contributed by atoms with Gasteiger partial charge in [-0.25, -0.2) is 0 Å². The van der Waals surface area contributed by atoms with Crippen molar-refractivity contribution in [3.63, 3.8) is 0 Å². The normalized spacial score (nSPS) is 17.5. The molecule has 3 heterocycles. The number of ether oxygens (including phenoxy) is 1. The molecule has 0 bridgehead atoms. The number of carbonyl (C=O) groups is 3. The van der Waals surface area contributed by atoms with Crippen LogP contribution in [0.2, 0.25) is 0 Å². The van der Waals surface area contributed by atoms with Crippen LogP contribution in [0.15, 0.2) is 63.9 Å². The maximum atomic E-state index is 13.4. The molecular weight excluding hydrogens is 502 g/mol. The van der Waals surface area contributed by atoms with E-state index >= 15 is 0 Å². The third kappa shape index (κ3) is 5.53. The molecule has 0 aliphatic carbocycles. The summed E-state index contributed by atoms with van der Waals surface area (Å²) in [6.07, 6.45) is 2.56. The fourth-order valence-electron chi connectivity index (χ4n) is 5.51. The molecule has 2 aliphatic heterocycles. The predicted octanol–water partition coefficient (Wildman–Crippen LogP) is 4.19. The number of benzene rings is 2. The van der Waals surface area contributed by atoms with Gasteiger partial charge < -0.3 is 24.3 Å². The second kappa shape index (κ2) is 11.1. The first-order valence-corrected chi connectivity index (χ1v) is 14.0. The molecule has 2 aliphatic rings. The lowest BCUT2D eigenvalue weighted by molar-refractivity contribution is -0.135. The Morgan fingerprint density at radius 1 is 1.03 bits per heavy atom. The number of nitrogens with one attached hydrogen (secondary N) is 1. The Labute approximate surface area is 226 Å². The van der Waals surface area contributed by atoms with Crippen molar-refractivity contribution in [3.05, 3.63) is 60.4 Å². The highest BCUT2D eigenvalue weighted by molar-refractivity contribution is 7.99. The highest BCUT2D eigenvalue weighted by Gasteiger charge is 2.44. The summed E-state index contributed by atoms with van der Waals surface area (Å²) in [5, 5.41) is 3.69. The molecule has 3 amide bonds. The van der Waals surface area contributed by atoms with Crippen LogP contribution < -0.4 is 10.1 Å². The number of hydrogen-bond donors (Lipinski definition) is 1. The van der Waals surface area contributed by atoms with Crippen molar-refractivity contribution in [2.75, 3.05) is 39.0 Å². The first kappa shape index (κ1) is 26.2. The minimum Gasteiger partial charge on any atom is -0.493 e. The van der Waals surface area contributed by atoms with E-state index in [1.54, 1.807) is 24.9 Å². The third-order valence-electron chi connectivity index (χ3n) is 7.64. The molecule has 9 heteroatoms. The molecule has 0 radical (unpaired) electrons. The van der Waals surface area contributed by atoms with Gasteiger partial charge in [-0.3, -0.25) is 14.4 Å². The maximum absolute atomic E-state index is 13.4. The molecule has 1 atom stereocenters. The molecule has 2 fully saturated rings. The Balaban J connectivity index is 1.19. The summed E-state index contributed by atoms with van der Waals surface area (Å²) in [6.45, 7) is 4.01. The molecule has 200 valence electrons. The van der Waals surface area contributed by atoms with Crippen LogP contribution >= 0.6 is 11.8 Å². The lowest BCUT2D eigenvalue weighted by Gasteiger charge is -2.39. The second-order valence-electron chi connectivity index (χ2n) is 10.2. The summed E-state index contributed by atoms with van der Waals surface area (Å²) in [5.41, 5.74) is 0.576. The van der Waals surface area contributed by atoms with Crippen molar-refractivity contribution in [2.45, 2.75) is 37.1 Å².